The van der Waals surface area contributed by atoms with Crippen LogP contribution >= 0.6 is 34.8 Å². The van der Waals surface area contributed by atoms with E-state index >= 15 is 0 Å². The number of ether oxygens (including phenoxy) is 3. The number of aryl methyl sites for hydroxylation is 3. The van der Waals surface area contributed by atoms with Gasteiger partial charge in [0.25, 0.3) is 0 Å². The summed E-state index contributed by atoms with van der Waals surface area (Å²) in [5, 5.41) is 32.5. The average Bonchev–Trinajstić information content (AvgIpc) is 1.40. The fourth-order valence-corrected chi connectivity index (χ4v) is 12.6. The van der Waals surface area contributed by atoms with Crippen LogP contribution in [0.3, 0.4) is 0 Å². The van der Waals surface area contributed by atoms with Crippen molar-refractivity contribution >= 4 is 78.1 Å². The van der Waals surface area contributed by atoms with Crippen LogP contribution in [0.15, 0.2) is 182 Å². The molecule has 6 aromatic carbocycles. The maximum Gasteiger partial charge on any atom is 1.00 e. The molecule has 3 aromatic heterocycles. The van der Waals surface area contributed by atoms with E-state index in [1.165, 1.54) is 0 Å². The molecule has 0 saturated carbocycles. The van der Waals surface area contributed by atoms with Crippen molar-refractivity contribution in [3.63, 3.8) is 0 Å². The summed E-state index contributed by atoms with van der Waals surface area (Å²) >= 11 is 18.5. The maximum absolute atomic E-state index is 13.1. The van der Waals surface area contributed by atoms with Gasteiger partial charge in [-0.2, -0.15) is 0 Å². The van der Waals surface area contributed by atoms with Gasteiger partial charge in [0.1, 0.15) is 39.5 Å². The molecule has 0 aliphatic carbocycles. The largest absolute Gasteiger partial charge is 1.00 e. The molecule has 1 unspecified atom stereocenters. The van der Waals surface area contributed by atoms with Crippen molar-refractivity contribution in [2.45, 2.75) is 96.9 Å². The van der Waals surface area contributed by atoms with Gasteiger partial charge in [0, 0.05) is 122 Å². The van der Waals surface area contributed by atoms with Gasteiger partial charge in [0.05, 0.1) is 32.8 Å². The normalized spacial score (nSPS) is 15.8. The number of carbonyl (C=O) groups is 3. The summed E-state index contributed by atoms with van der Waals surface area (Å²) in [5.41, 5.74) is 12.0. The summed E-state index contributed by atoms with van der Waals surface area (Å²) in [7, 11) is 0. The second-order valence-electron chi connectivity index (χ2n) is 22.9. The molecule has 0 bridgehead atoms. The first-order valence-electron chi connectivity index (χ1n) is 31.5. The monoisotopic (exact) mass is 1340 g/mol. The third-order valence-electron chi connectivity index (χ3n) is 17.0. The minimum absolute atomic E-state index is 0. The van der Waals surface area contributed by atoms with Crippen molar-refractivity contribution in [2.75, 3.05) is 54.0 Å². The molecule has 95 heavy (non-hydrogen) atoms. The number of aliphatic hydroxyl groups is 3. The molecule has 3 saturated heterocycles. The van der Waals surface area contributed by atoms with E-state index in [4.69, 9.17) is 49.0 Å². The Labute approximate surface area is 596 Å². The SMILES string of the molecule is CCc1ccccc1C(=O)c1ccc(N2CC[C@H](Oc3ncccc3Cl)C2)c(C=O)c1.CCc1ccccc1C(=O)c1ccc(N2CC[C@H](Oc3ncccc3Cl)C2)c(CO)c1.CCc1ccccc1C(O)c1ccc(N2CC[C@H](Oc3ncccc3Cl)C2)c(CO)c1.[B].[H-].[Na+]. The van der Waals surface area contributed by atoms with Gasteiger partial charge in [0.2, 0.25) is 17.6 Å². The number of aldehydes is 1. The van der Waals surface area contributed by atoms with Gasteiger partial charge in [-0.05, 0) is 132 Å². The third kappa shape index (κ3) is 18.1. The first-order chi connectivity index (χ1) is 45.3. The predicted molar refractivity (Wildman–Crippen MR) is 373 cm³/mol. The number of pyridine rings is 3. The van der Waals surface area contributed by atoms with E-state index in [-0.39, 0.29) is 82.5 Å². The molecular formula is C75H76BCl3N6NaO9. The van der Waals surface area contributed by atoms with Crippen molar-refractivity contribution in [1.82, 2.24) is 15.0 Å². The third-order valence-corrected chi connectivity index (χ3v) is 17.9. The van der Waals surface area contributed by atoms with Gasteiger partial charge < -0.3 is 45.7 Å². The predicted octanol–water partition coefficient (Wildman–Crippen LogP) is 10.9. The van der Waals surface area contributed by atoms with Crippen LogP contribution in [0.2, 0.25) is 15.1 Å². The second-order valence-corrected chi connectivity index (χ2v) is 24.1. The zero-order valence-corrected chi connectivity index (χ0v) is 58.1. The fraction of sp³-hybridized carbons (Fsp3) is 0.280. The molecular weight excluding hydrogens is 1270 g/mol. The Morgan fingerprint density at radius 2 is 0.905 bits per heavy atom. The van der Waals surface area contributed by atoms with Crippen LogP contribution in [0.4, 0.5) is 17.1 Å². The number of rotatable bonds is 21. The standard InChI is InChI=1S/C25H27ClN2O3.C25H25ClN2O3.C25H23ClN2O3.B.Na.H/c3*1-2-17-6-3-4-7-21(17)24(30)18-9-10-23(19(14-18)16-29)28-13-11-20(15-28)31-25-22(26)8-5-12-27-25;;;/h3-10,12,14,20,24,29-30H,2,11,13,15-16H2,1H3;3-10,12,14,20,29H,2,11,13,15-16H2,1H3;3-10,12,14,16,20H,2,11,13,15H2,1H3;;;/q;;;;+1;-1/t20-,24?;2*20-;;;/m000.../s1. The van der Waals surface area contributed by atoms with Gasteiger partial charge >= 0.3 is 29.6 Å². The Kier molecular flexibility index (Phi) is 27.3. The number of ketones is 2. The average molecular weight is 1350 g/mol. The van der Waals surface area contributed by atoms with Crippen molar-refractivity contribution < 1.29 is 74.9 Å². The molecule has 3 radical (unpaired) electrons. The Morgan fingerprint density at radius 3 is 1.34 bits per heavy atom. The van der Waals surface area contributed by atoms with E-state index in [0.717, 1.165) is 120 Å². The molecule has 3 fully saturated rings. The first-order valence-corrected chi connectivity index (χ1v) is 32.6. The second kappa shape index (κ2) is 35.4. The van der Waals surface area contributed by atoms with Gasteiger partial charge in [-0.3, -0.25) is 14.4 Å². The molecule has 485 valence electrons. The number of carbonyl (C=O) groups excluding carboxylic acids is 3. The zero-order valence-electron chi connectivity index (χ0n) is 54.8. The number of benzene rings is 6. The Bertz CT molecular complexity index is 4080. The van der Waals surface area contributed by atoms with Crippen LogP contribution in [0.25, 0.3) is 0 Å². The van der Waals surface area contributed by atoms with E-state index in [9.17, 15) is 29.7 Å². The maximum atomic E-state index is 13.1. The number of halogens is 3. The molecule has 20 heteroatoms. The molecule has 3 N–H and O–H groups in total. The van der Waals surface area contributed by atoms with Gasteiger partial charge in [-0.15, -0.1) is 0 Å². The van der Waals surface area contributed by atoms with Gasteiger partial charge in [0.15, 0.2) is 17.9 Å². The summed E-state index contributed by atoms with van der Waals surface area (Å²) in [4.78, 5) is 57.0. The number of hydrogen-bond acceptors (Lipinski definition) is 15. The summed E-state index contributed by atoms with van der Waals surface area (Å²) in [6.07, 6.45) is 9.77. The molecule has 0 amide bonds. The number of hydrogen-bond donors (Lipinski definition) is 3. The number of nitrogens with zero attached hydrogens (tertiary/aromatic N) is 6. The van der Waals surface area contributed by atoms with E-state index in [1.54, 1.807) is 73.2 Å². The minimum Gasteiger partial charge on any atom is -1.00 e. The minimum atomic E-state index is -0.726. The van der Waals surface area contributed by atoms with Crippen LogP contribution in [0.1, 0.15) is 129 Å². The first kappa shape index (κ1) is 73.2. The molecule has 0 spiro atoms. The van der Waals surface area contributed by atoms with Gasteiger partial charge in [-0.25, -0.2) is 15.0 Å². The molecule has 6 heterocycles. The molecule has 15 nitrogen and oxygen atoms in total. The zero-order chi connectivity index (χ0) is 65.4. The fourth-order valence-electron chi connectivity index (χ4n) is 12.1. The Balaban J connectivity index is 0.000000200. The number of anilines is 3. The number of aliphatic hydroxyl groups excluding tert-OH is 3. The van der Waals surface area contributed by atoms with Crippen LogP contribution in [0.5, 0.6) is 17.6 Å². The van der Waals surface area contributed by atoms with E-state index in [2.05, 4.69) is 36.6 Å². The molecule has 4 atom stereocenters. The summed E-state index contributed by atoms with van der Waals surface area (Å²) in [5.74, 6) is 1.22. The molecule has 3 aliphatic rings. The van der Waals surface area contributed by atoms with Crippen molar-refractivity contribution in [2.24, 2.45) is 0 Å². The summed E-state index contributed by atoms with van der Waals surface area (Å²) in [6.45, 7) is 10.2. The van der Waals surface area contributed by atoms with E-state index in [0.29, 0.717) is 80.2 Å². The summed E-state index contributed by atoms with van der Waals surface area (Å²) in [6, 6.07) is 50.5. The van der Waals surface area contributed by atoms with Crippen molar-refractivity contribution in [3.05, 3.63) is 264 Å². The number of aromatic nitrogens is 3. The van der Waals surface area contributed by atoms with Crippen LogP contribution in [0, 0.1) is 0 Å². The molecule has 12 rings (SSSR count). The Hall–Kier alpha value is -7.61. The van der Waals surface area contributed by atoms with Crippen LogP contribution in [-0.4, -0.2) is 114 Å². The summed E-state index contributed by atoms with van der Waals surface area (Å²) < 4.78 is 17.9. The quantitative estimate of drug-likeness (QED) is 0.0350. The molecule has 3 aliphatic heterocycles. The molecule has 9 aromatic rings. The topological polar surface area (TPSA) is 188 Å². The van der Waals surface area contributed by atoms with E-state index in [1.807, 2.05) is 123 Å². The van der Waals surface area contributed by atoms with E-state index < -0.39 is 6.10 Å². The van der Waals surface area contributed by atoms with Crippen LogP contribution in [-0.2, 0) is 32.5 Å². The van der Waals surface area contributed by atoms with Crippen molar-refractivity contribution in [1.29, 1.82) is 0 Å². The van der Waals surface area contributed by atoms with Crippen molar-refractivity contribution in [3.8, 4) is 17.6 Å². The Morgan fingerprint density at radius 1 is 0.516 bits per heavy atom. The smallest absolute Gasteiger partial charge is 1.00 e. The van der Waals surface area contributed by atoms with Crippen LogP contribution < -0.4 is 58.5 Å². The van der Waals surface area contributed by atoms with Gasteiger partial charge in [-0.1, -0.05) is 134 Å².